The Balaban J connectivity index is 2.02. The third kappa shape index (κ3) is 1.76. The lowest BCUT2D eigenvalue weighted by atomic mass is 10.1. The number of aryl methyl sites for hydroxylation is 1. The number of nitrogens with zero attached hydrogens (tertiary/aromatic N) is 2. The van der Waals surface area contributed by atoms with Gasteiger partial charge in [-0.1, -0.05) is 0 Å². The van der Waals surface area contributed by atoms with Crippen LogP contribution < -0.4 is 10.6 Å². The summed E-state index contributed by atoms with van der Waals surface area (Å²) in [6, 6.07) is 4.12. The first-order valence-corrected chi connectivity index (χ1v) is 5.95. The first kappa shape index (κ1) is 11.2. The molecule has 1 aromatic carbocycles. The van der Waals surface area contributed by atoms with E-state index in [2.05, 4.69) is 20.9 Å². The maximum absolute atomic E-state index is 11.3. The molecule has 1 aliphatic heterocycles. The number of rotatable bonds is 2. The van der Waals surface area contributed by atoms with Crippen LogP contribution in [0.4, 0.5) is 5.69 Å². The first-order chi connectivity index (χ1) is 8.67. The number of anilines is 1. The lowest BCUT2D eigenvalue weighted by Crippen LogP contribution is -2.51. The first-order valence-electron chi connectivity index (χ1n) is 5.95. The molecule has 1 fully saturated rings. The normalized spacial score (nSPS) is 16.0. The van der Waals surface area contributed by atoms with Gasteiger partial charge in [0.25, 0.3) is 0 Å². The Morgan fingerprint density at radius 3 is 2.94 bits per heavy atom. The fourth-order valence-electron chi connectivity index (χ4n) is 2.31. The average Bonchev–Trinajstić information content (AvgIpc) is 2.27. The highest BCUT2D eigenvalue weighted by molar-refractivity contribution is 5.85. The second kappa shape index (κ2) is 4.10. The second-order valence-electron chi connectivity index (χ2n) is 4.67. The Hall–Kier alpha value is -1.88. The van der Waals surface area contributed by atoms with Gasteiger partial charge in [0, 0.05) is 37.5 Å². The van der Waals surface area contributed by atoms with Crippen LogP contribution in [0.5, 0.6) is 0 Å². The molecule has 3 rings (SSSR count). The standard InChI is InChI=1S/C13H15N3O2/c1-8-3-9(16-6-10(7-16)18-2)4-12-11(8)5-14-13(17)15-12/h3-5,10H,6-7H2,1-2H3,(H,14,15,17). The Morgan fingerprint density at radius 2 is 2.22 bits per heavy atom. The summed E-state index contributed by atoms with van der Waals surface area (Å²) < 4.78 is 5.27. The molecule has 18 heavy (non-hydrogen) atoms. The van der Waals surface area contributed by atoms with Crippen molar-refractivity contribution in [2.75, 3.05) is 25.1 Å². The Labute approximate surface area is 104 Å². The van der Waals surface area contributed by atoms with E-state index in [0.29, 0.717) is 6.10 Å². The second-order valence-corrected chi connectivity index (χ2v) is 4.67. The van der Waals surface area contributed by atoms with Gasteiger partial charge in [-0.3, -0.25) is 0 Å². The van der Waals surface area contributed by atoms with E-state index in [1.165, 1.54) is 0 Å². The number of methoxy groups -OCH3 is 1. The summed E-state index contributed by atoms with van der Waals surface area (Å²) in [6.07, 6.45) is 1.94. The minimum Gasteiger partial charge on any atom is -0.378 e. The van der Waals surface area contributed by atoms with Crippen LogP contribution in [0.25, 0.3) is 10.9 Å². The van der Waals surface area contributed by atoms with E-state index in [1.54, 1.807) is 13.3 Å². The molecule has 0 unspecified atom stereocenters. The molecule has 94 valence electrons. The molecule has 1 saturated heterocycles. The van der Waals surface area contributed by atoms with Gasteiger partial charge in [0.05, 0.1) is 11.6 Å². The fraction of sp³-hybridized carbons (Fsp3) is 0.385. The molecule has 1 aromatic heterocycles. The summed E-state index contributed by atoms with van der Waals surface area (Å²) in [7, 11) is 1.73. The van der Waals surface area contributed by atoms with Gasteiger partial charge >= 0.3 is 5.69 Å². The number of hydrogen-bond donors (Lipinski definition) is 1. The summed E-state index contributed by atoms with van der Waals surface area (Å²) in [4.78, 5) is 20.0. The van der Waals surface area contributed by atoms with E-state index in [4.69, 9.17) is 4.74 Å². The molecular formula is C13H15N3O2. The van der Waals surface area contributed by atoms with Crippen LogP contribution in [-0.2, 0) is 4.74 Å². The number of aromatic nitrogens is 2. The molecule has 5 heteroatoms. The van der Waals surface area contributed by atoms with E-state index >= 15 is 0 Å². The molecule has 0 amide bonds. The molecular weight excluding hydrogens is 230 g/mol. The van der Waals surface area contributed by atoms with Gasteiger partial charge in [0.15, 0.2) is 0 Å². The number of nitrogens with one attached hydrogen (secondary N) is 1. The SMILES string of the molecule is COC1CN(c2cc(C)c3cnc(=O)[nH]c3c2)C1. The van der Waals surface area contributed by atoms with Crippen molar-refractivity contribution in [1.82, 2.24) is 9.97 Å². The molecule has 0 saturated carbocycles. The van der Waals surface area contributed by atoms with Crippen molar-refractivity contribution in [2.24, 2.45) is 0 Å². The van der Waals surface area contributed by atoms with E-state index in [0.717, 1.165) is 35.2 Å². The number of fused-ring (bicyclic) bond motifs is 1. The Bertz CT molecular complexity index is 644. The predicted octanol–water partition coefficient (Wildman–Crippen LogP) is 1.07. The lowest BCUT2D eigenvalue weighted by molar-refractivity contribution is 0.0788. The van der Waals surface area contributed by atoms with Gasteiger partial charge in [-0.05, 0) is 24.6 Å². The van der Waals surface area contributed by atoms with Crippen LogP contribution in [0.3, 0.4) is 0 Å². The molecule has 1 aliphatic rings. The van der Waals surface area contributed by atoms with Gasteiger partial charge in [-0.25, -0.2) is 9.78 Å². The van der Waals surface area contributed by atoms with Crippen molar-refractivity contribution in [3.8, 4) is 0 Å². The van der Waals surface area contributed by atoms with Crippen molar-refractivity contribution in [2.45, 2.75) is 13.0 Å². The topological polar surface area (TPSA) is 58.2 Å². The molecule has 0 spiro atoms. The predicted molar refractivity (Wildman–Crippen MR) is 70.1 cm³/mol. The van der Waals surface area contributed by atoms with Gasteiger partial charge < -0.3 is 14.6 Å². The summed E-state index contributed by atoms with van der Waals surface area (Å²) >= 11 is 0. The van der Waals surface area contributed by atoms with Gasteiger partial charge in [0.2, 0.25) is 0 Å². The van der Waals surface area contributed by atoms with E-state index in [9.17, 15) is 4.79 Å². The Morgan fingerprint density at radius 1 is 1.44 bits per heavy atom. The van der Waals surface area contributed by atoms with E-state index in [1.807, 2.05) is 13.0 Å². The summed E-state index contributed by atoms with van der Waals surface area (Å²) in [5, 5.41) is 0.988. The smallest absolute Gasteiger partial charge is 0.345 e. The third-order valence-electron chi connectivity index (χ3n) is 3.47. The Kier molecular flexibility index (Phi) is 2.56. The zero-order valence-electron chi connectivity index (χ0n) is 10.4. The van der Waals surface area contributed by atoms with E-state index < -0.39 is 0 Å². The van der Waals surface area contributed by atoms with Gasteiger partial charge in [0.1, 0.15) is 0 Å². The highest BCUT2D eigenvalue weighted by Crippen LogP contribution is 2.27. The maximum Gasteiger partial charge on any atom is 0.345 e. The zero-order valence-corrected chi connectivity index (χ0v) is 10.4. The largest absolute Gasteiger partial charge is 0.378 e. The van der Waals surface area contributed by atoms with Gasteiger partial charge in [-0.15, -0.1) is 0 Å². The molecule has 2 aromatic rings. The molecule has 0 aliphatic carbocycles. The summed E-state index contributed by atoms with van der Waals surface area (Å²) in [5.74, 6) is 0. The van der Waals surface area contributed by atoms with Crippen molar-refractivity contribution in [3.63, 3.8) is 0 Å². The number of H-pyrrole nitrogens is 1. The third-order valence-corrected chi connectivity index (χ3v) is 3.47. The van der Waals surface area contributed by atoms with Crippen LogP contribution in [0.1, 0.15) is 5.56 Å². The number of hydrogen-bond acceptors (Lipinski definition) is 4. The van der Waals surface area contributed by atoms with Crippen molar-refractivity contribution in [1.29, 1.82) is 0 Å². The maximum atomic E-state index is 11.3. The average molecular weight is 245 g/mol. The molecule has 5 nitrogen and oxygen atoms in total. The highest BCUT2D eigenvalue weighted by Gasteiger charge is 2.26. The van der Waals surface area contributed by atoms with Gasteiger partial charge in [-0.2, -0.15) is 0 Å². The number of benzene rings is 1. The lowest BCUT2D eigenvalue weighted by Gasteiger charge is -2.40. The van der Waals surface area contributed by atoms with E-state index in [-0.39, 0.29) is 5.69 Å². The van der Waals surface area contributed by atoms with Crippen LogP contribution in [0.2, 0.25) is 0 Å². The van der Waals surface area contributed by atoms with Crippen LogP contribution in [0.15, 0.2) is 23.1 Å². The zero-order chi connectivity index (χ0) is 12.7. The minimum atomic E-state index is -0.308. The van der Waals surface area contributed by atoms with Crippen molar-refractivity contribution < 1.29 is 4.74 Å². The number of aromatic amines is 1. The minimum absolute atomic E-state index is 0.308. The molecule has 2 heterocycles. The molecule has 0 radical (unpaired) electrons. The molecule has 0 atom stereocenters. The molecule has 0 bridgehead atoms. The number of ether oxygens (including phenoxy) is 1. The molecule has 1 N–H and O–H groups in total. The quantitative estimate of drug-likeness (QED) is 0.859. The van der Waals surface area contributed by atoms with Crippen LogP contribution >= 0.6 is 0 Å². The summed E-state index contributed by atoms with van der Waals surface area (Å²) in [6.45, 7) is 3.83. The van der Waals surface area contributed by atoms with Crippen molar-refractivity contribution in [3.05, 3.63) is 34.4 Å². The van der Waals surface area contributed by atoms with Crippen LogP contribution in [0, 0.1) is 6.92 Å². The highest BCUT2D eigenvalue weighted by atomic mass is 16.5. The monoisotopic (exact) mass is 245 g/mol. The summed E-state index contributed by atoms with van der Waals surface area (Å²) in [5.41, 5.74) is 2.77. The van der Waals surface area contributed by atoms with Crippen LogP contribution in [-0.4, -0.2) is 36.3 Å². The van der Waals surface area contributed by atoms with Crippen molar-refractivity contribution >= 4 is 16.6 Å². The fourth-order valence-corrected chi connectivity index (χ4v) is 2.31.